The summed E-state index contributed by atoms with van der Waals surface area (Å²) in [5.41, 5.74) is 10.1. The summed E-state index contributed by atoms with van der Waals surface area (Å²) in [5.74, 6) is -0.0964. The predicted molar refractivity (Wildman–Crippen MR) is 139 cm³/mol. The van der Waals surface area contributed by atoms with Crippen LogP contribution >= 0.6 is 0 Å². The van der Waals surface area contributed by atoms with Gasteiger partial charge >= 0.3 is 0 Å². The minimum Gasteiger partial charge on any atom is -0.398 e. The first-order valence-corrected chi connectivity index (χ1v) is 11.3. The molecule has 1 saturated heterocycles. The van der Waals surface area contributed by atoms with Gasteiger partial charge in [-0.3, -0.25) is 4.79 Å². The number of amides is 1. The van der Waals surface area contributed by atoms with Crippen molar-refractivity contribution in [3.63, 3.8) is 0 Å². The zero-order chi connectivity index (χ0) is 24.5. The van der Waals surface area contributed by atoms with Crippen molar-refractivity contribution in [2.75, 3.05) is 41.8 Å². The molecule has 2 aromatic rings. The summed E-state index contributed by atoms with van der Waals surface area (Å²) in [6.07, 6.45) is 2.22. The highest BCUT2D eigenvalue weighted by Gasteiger charge is 2.18. The summed E-state index contributed by atoms with van der Waals surface area (Å²) in [6, 6.07) is 15.2. The number of allylic oxidation sites excluding steroid dienone is 1. The number of ether oxygens (including phenoxy) is 1. The van der Waals surface area contributed by atoms with E-state index in [0.717, 1.165) is 37.6 Å². The second-order valence-corrected chi connectivity index (χ2v) is 8.37. The molecule has 8 heteroatoms. The average molecular weight is 464 g/mol. The van der Waals surface area contributed by atoms with Gasteiger partial charge in [0, 0.05) is 42.1 Å². The highest BCUT2D eigenvalue weighted by Crippen LogP contribution is 2.20. The van der Waals surface area contributed by atoms with E-state index in [1.54, 1.807) is 50.4 Å². The first-order valence-electron chi connectivity index (χ1n) is 11.3. The zero-order valence-corrected chi connectivity index (χ0v) is 19.7. The molecule has 1 aliphatic rings. The molecule has 0 aliphatic carbocycles. The van der Waals surface area contributed by atoms with Gasteiger partial charge in [0.15, 0.2) is 0 Å². The van der Waals surface area contributed by atoms with Crippen LogP contribution in [0.4, 0.5) is 17.1 Å². The van der Waals surface area contributed by atoms with Gasteiger partial charge in [0.25, 0.3) is 5.91 Å². The van der Waals surface area contributed by atoms with Crippen LogP contribution in [0, 0.1) is 5.92 Å². The number of anilines is 3. The van der Waals surface area contributed by atoms with Crippen LogP contribution < -0.4 is 21.3 Å². The molecule has 2 aromatic carbocycles. The molecule has 1 amide bonds. The van der Waals surface area contributed by atoms with Gasteiger partial charge in [-0.1, -0.05) is 32.6 Å². The highest BCUT2D eigenvalue weighted by molar-refractivity contribution is 5.94. The van der Waals surface area contributed by atoms with Gasteiger partial charge in [-0.15, -0.1) is 0 Å². The molecule has 0 bridgehead atoms. The fourth-order valence-corrected chi connectivity index (χ4v) is 3.34. The van der Waals surface area contributed by atoms with Crippen LogP contribution in [-0.4, -0.2) is 49.6 Å². The Morgan fingerprint density at radius 2 is 1.68 bits per heavy atom. The summed E-state index contributed by atoms with van der Waals surface area (Å²) in [4.78, 5) is 18.5. The molecule has 1 heterocycles. The lowest BCUT2D eigenvalue weighted by Gasteiger charge is -2.28. The third kappa shape index (κ3) is 7.19. The number of aliphatic hydroxyl groups excluding tert-OH is 1. The summed E-state index contributed by atoms with van der Waals surface area (Å²) < 4.78 is 5.40. The number of aliphatic hydroxyl groups is 1. The van der Waals surface area contributed by atoms with E-state index in [-0.39, 0.29) is 5.92 Å². The average Bonchev–Trinajstić information content (AvgIpc) is 2.84. The van der Waals surface area contributed by atoms with Crippen molar-refractivity contribution >= 4 is 34.9 Å². The number of nitrogens with zero attached hydrogens (tertiary/aromatic N) is 2. The van der Waals surface area contributed by atoms with Crippen molar-refractivity contribution in [2.45, 2.75) is 20.0 Å². The van der Waals surface area contributed by atoms with E-state index in [9.17, 15) is 9.90 Å². The van der Waals surface area contributed by atoms with Crippen LogP contribution in [0.2, 0.25) is 0 Å². The molecule has 0 spiro atoms. The van der Waals surface area contributed by atoms with Crippen molar-refractivity contribution in [3.8, 4) is 0 Å². The molecular weight excluding hydrogens is 430 g/mol. The molecular formula is C26H33N5O3. The lowest BCUT2D eigenvalue weighted by Crippen LogP contribution is -2.36. The first-order chi connectivity index (χ1) is 16.3. The van der Waals surface area contributed by atoms with Crippen LogP contribution in [0.5, 0.6) is 0 Å². The second kappa shape index (κ2) is 12.0. The van der Waals surface area contributed by atoms with Crippen LogP contribution in [0.25, 0.3) is 5.70 Å². The molecule has 180 valence electrons. The molecule has 3 rings (SSSR count). The minimum atomic E-state index is -1.05. The highest BCUT2D eigenvalue weighted by atomic mass is 16.5. The van der Waals surface area contributed by atoms with E-state index in [2.05, 4.69) is 39.2 Å². The molecule has 5 N–H and O–H groups in total. The van der Waals surface area contributed by atoms with Gasteiger partial charge in [-0.2, -0.15) is 0 Å². The maximum atomic E-state index is 12.0. The number of rotatable bonds is 9. The fraction of sp³-hybridized carbons (Fsp3) is 0.308. The van der Waals surface area contributed by atoms with E-state index in [1.807, 2.05) is 12.1 Å². The van der Waals surface area contributed by atoms with Crippen LogP contribution in [0.15, 0.2) is 72.0 Å². The molecule has 0 radical (unpaired) electrons. The van der Waals surface area contributed by atoms with Gasteiger partial charge in [-0.05, 0) is 54.0 Å². The van der Waals surface area contributed by atoms with Gasteiger partial charge in [0.2, 0.25) is 0 Å². The standard InChI is InChI=1S/C26H33N5O3/c1-18(2)25(32)26(33)30-22-6-4-20(5-7-22)24(27)12-13-28-19(3)29-21-8-10-23(11-9-21)31-14-16-34-17-15-31/h4-13,18,25,29,32H,3,14-17,27H2,1-2H3,(H,30,33)/b24-12-,28-13?/t25-/m0/s1. The SMILES string of the molecule is C=C(N=C/C=C(\N)c1ccc(NC(=O)[C@@H](O)C(C)C)cc1)Nc1ccc(N2CCOCC2)cc1. The monoisotopic (exact) mass is 463 g/mol. The summed E-state index contributed by atoms with van der Waals surface area (Å²) in [5, 5.41) is 15.7. The molecule has 1 fully saturated rings. The summed E-state index contributed by atoms with van der Waals surface area (Å²) in [6.45, 7) is 10.8. The smallest absolute Gasteiger partial charge is 0.253 e. The van der Waals surface area contributed by atoms with Gasteiger partial charge < -0.3 is 31.1 Å². The van der Waals surface area contributed by atoms with E-state index >= 15 is 0 Å². The van der Waals surface area contributed by atoms with Crippen molar-refractivity contribution in [1.82, 2.24) is 0 Å². The zero-order valence-electron chi connectivity index (χ0n) is 19.7. The summed E-state index contributed by atoms with van der Waals surface area (Å²) in [7, 11) is 0. The Kier molecular flexibility index (Phi) is 8.84. The Morgan fingerprint density at radius 1 is 1.09 bits per heavy atom. The number of nitrogens with one attached hydrogen (secondary N) is 2. The third-order valence-corrected chi connectivity index (χ3v) is 5.40. The molecule has 1 atom stereocenters. The van der Waals surface area contributed by atoms with Crippen LogP contribution in [0.1, 0.15) is 19.4 Å². The lowest BCUT2D eigenvalue weighted by atomic mass is 10.1. The molecule has 34 heavy (non-hydrogen) atoms. The number of hydrogen-bond acceptors (Lipinski definition) is 7. The quantitative estimate of drug-likeness (QED) is 0.424. The van der Waals surface area contributed by atoms with Crippen molar-refractivity contribution in [3.05, 3.63) is 72.6 Å². The first kappa shape index (κ1) is 25.0. The molecule has 0 saturated carbocycles. The number of benzene rings is 2. The van der Waals surface area contributed by atoms with Crippen molar-refractivity contribution in [1.29, 1.82) is 0 Å². The molecule has 8 nitrogen and oxygen atoms in total. The Bertz CT molecular complexity index is 1020. The fourth-order valence-electron chi connectivity index (χ4n) is 3.34. The van der Waals surface area contributed by atoms with Crippen molar-refractivity contribution in [2.24, 2.45) is 16.6 Å². The van der Waals surface area contributed by atoms with E-state index < -0.39 is 12.0 Å². The molecule has 0 aromatic heterocycles. The Labute approximate surface area is 200 Å². The molecule has 1 aliphatic heterocycles. The van der Waals surface area contributed by atoms with Gasteiger partial charge in [-0.25, -0.2) is 4.99 Å². The van der Waals surface area contributed by atoms with Crippen LogP contribution in [0.3, 0.4) is 0 Å². The van der Waals surface area contributed by atoms with E-state index in [4.69, 9.17) is 10.5 Å². The topological polar surface area (TPSA) is 112 Å². The summed E-state index contributed by atoms with van der Waals surface area (Å²) >= 11 is 0. The normalized spacial score (nSPS) is 15.4. The van der Waals surface area contributed by atoms with Gasteiger partial charge in [0.1, 0.15) is 11.9 Å². The van der Waals surface area contributed by atoms with Crippen molar-refractivity contribution < 1.29 is 14.6 Å². The number of hydrogen-bond donors (Lipinski definition) is 4. The number of carbonyl (C=O) groups excluding carboxylic acids is 1. The number of carbonyl (C=O) groups is 1. The largest absolute Gasteiger partial charge is 0.398 e. The Balaban J connectivity index is 1.51. The van der Waals surface area contributed by atoms with E-state index in [1.165, 1.54) is 5.69 Å². The van der Waals surface area contributed by atoms with Crippen LogP contribution in [-0.2, 0) is 9.53 Å². The lowest BCUT2D eigenvalue weighted by molar-refractivity contribution is -0.125. The predicted octanol–water partition coefficient (Wildman–Crippen LogP) is 3.43. The maximum Gasteiger partial charge on any atom is 0.253 e. The number of morpholine rings is 1. The Hall–Kier alpha value is -3.62. The number of nitrogens with two attached hydrogens (primary N) is 1. The minimum absolute atomic E-state index is 0.157. The number of aliphatic imine (C=N–C) groups is 1. The Morgan fingerprint density at radius 3 is 2.29 bits per heavy atom. The molecule has 0 unspecified atom stereocenters. The van der Waals surface area contributed by atoms with E-state index in [0.29, 0.717) is 17.2 Å². The third-order valence-electron chi connectivity index (χ3n) is 5.40. The maximum absolute atomic E-state index is 12.0. The second-order valence-electron chi connectivity index (χ2n) is 8.37. The van der Waals surface area contributed by atoms with Gasteiger partial charge in [0.05, 0.1) is 13.2 Å².